The normalized spacial score (nSPS) is 10.1. The molecule has 2 aromatic heterocycles. The van der Waals surface area contributed by atoms with E-state index in [9.17, 15) is 4.79 Å². The minimum Gasteiger partial charge on any atom is -1.00 e. The average Bonchev–Trinajstić information content (AvgIpc) is 3.24. The van der Waals surface area contributed by atoms with Crippen LogP contribution in [-0.2, 0) is 0 Å². The van der Waals surface area contributed by atoms with Crippen LogP contribution in [0.3, 0.4) is 0 Å². The van der Waals surface area contributed by atoms with Crippen LogP contribution in [0.1, 0.15) is 0 Å². The predicted octanol–water partition coefficient (Wildman–Crippen LogP) is 2.15. The lowest BCUT2D eigenvalue weighted by Crippen LogP contribution is -3.00. The van der Waals surface area contributed by atoms with Gasteiger partial charge in [0.05, 0.1) is 0 Å². The number of aliphatic hydroxyl groups excluding tert-OH is 1. The number of para-hydroxylation sites is 3. The summed E-state index contributed by atoms with van der Waals surface area (Å²) in [4.78, 5) is 12.8. The van der Waals surface area contributed by atoms with E-state index in [1.165, 1.54) is 0 Å². The molecular formula is C25H21BrN2O3S. The molecular weight excluding hydrogens is 488 g/mol. The van der Waals surface area contributed by atoms with Gasteiger partial charge in [0.1, 0.15) is 22.5 Å². The third kappa shape index (κ3) is 4.80. The van der Waals surface area contributed by atoms with Crippen molar-refractivity contribution in [3.8, 4) is 16.9 Å². The van der Waals surface area contributed by atoms with E-state index in [0.29, 0.717) is 11.1 Å². The molecule has 0 bridgehead atoms. The molecule has 0 aliphatic carbocycles. The van der Waals surface area contributed by atoms with Crippen molar-refractivity contribution in [3.05, 3.63) is 107 Å². The molecule has 5 nitrogen and oxygen atoms in total. The Morgan fingerprint density at radius 3 is 2.22 bits per heavy atom. The third-order valence-corrected chi connectivity index (χ3v) is 5.53. The monoisotopic (exact) mass is 508 g/mol. The maximum Gasteiger partial charge on any atom is 0.347 e. The molecule has 32 heavy (non-hydrogen) atoms. The first kappa shape index (κ1) is 23.4. The van der Waals surface area contributed by atoms with Gasteiger partial charge >= 0.3 is 10.8 Å². The molecule has 0 spiro atoms. The van der Waals surface area contributed by atoms with Crippen molar-refractivity contribution in [1.82, 2.24) is 0 Å². The van der Waals surface area contributed by atoms with Gasteiger partial charge in [0.2, 0.25) is 0 Å². The molecule has 162 valence electrons. The summed E-state index contributed by atoms with van der Waals surface area (Å²) >= 11 is 1.55. The van der Waals surface area contributed by atoms with E-state index in [1.54, 1.807) is 11.3 Å². The zero-order valence-corrected chi connectivity index (χ0v) is 19.6. The first-order chi connectivity index (χ1) is 15.3. The van der Waals surface area contributed by atoms with Crippen LogP contribution in [0.4, 0.5) is 10.8 Å². The Labute approximate surface area is 200 Å². The molecule has 0 saturated carbocycles. The van der Waals surface area contributed by atoms with Crippen molar-refractivity contribution in [2.75, 3.05) is 12.4 Å². The molecule has 0 unspecified atom stereocenters. The Morgan fingerprint density at radius 2 is 1.50 bits per heavy atom. The van der Waals surface area contributed by atoms with E-state index >= 15 is 0 Å². The fourth-order valence-electron chi connectivity index (χ4n) is 3.31. The number of hydrogen-bond acceptors (Lipinski definition) is 5. The minimum absolute atomic E-state index is 0. The molecule has 5 rings (SSSR count). The molecule has 2 N–H and O–H groups in total. The molecule has 5 aromatic rings. The van der Waals surface area contributed by atoms with E-state index in [0.717, 1.165) is 34.7 Å². The molecule has 0 radical (unpaired) electrons. The first-order valence-electron chi connectivity index (χ1n) is 9.68. The summed E-state index contributed by atoms with van der Waals surface area (Å²) in [7, 11) is 1.00. The third-order valence-electron chi connectivity index (χ3n) is 4.68. The maximum atomic E-state index is 12.8. The molecule has 2 heterocycles. The summed E-state index contributed by atoms with van der Waals surface area (Å²) in [5, 5.41) is 14.3. The van der Waals surface area contributed by atoms with Crippen LogP contribution in [0.5, 0.6) is 0 Å². The Hall–Kier alpha value is -3.26. The number of halogens is 1. The van der Waals surface area contributed by atoms with Crippen LogP contribution in [0.15, 0.2) is 106 Å². The van der Waals surface area contributed by atoms with Gasteiger partial charge in [-0.1, -0.05) is 65.9 Å². The van der Waals surface area contributed by atoms with Crippen LogP contribution < -0.4 is 32.5 Å². The largest absolute Gasteiger partial charge is 1.00 e. The molecule has 0 aliphatic rings. The van der Waals surface area contributed by atoms with E-state index in [4.69, 9.17) is 9.52 Å². The predicted molar refractivity (Wildman–Crippen MR) is 125 cm³/mol. The number of rotatable bonds is 4. The van der Waals surface area contributed by atoms with E-state index < -0.39 is 0 Å². The average molecular weight is 509 g/mol. The van der Waals surface area contributed by atoms with Crippen LogP contribution in [0.25, 0.3) is 27.9 Å². The number of fused-ring (bicyclic) bond motifs is 1. The second kappa shape index (κ2) is 10.9. The fraction of sp³-hybridized carbons (Fsp3) is 0.0400. The second-order valence-corrected chi connectivity index (χ2v) is 7.43. The van der Waals surface area contributed by atoms with Gasteiger partial charge in [-0.05, 0) is 36.4 Å². The van der Waals surface area contributed by atoms with Gasteiger partial charge in [0.25, 0.3) is 0 Å². The van der Waals surface area contributed by atoms with Crippen molar-refractivity contribution in [3.63, 3.8) is 0 Å². The number of nitrogens with zero attached hydrogens (tertiary/aromatic N) is 1. The number of benzene rings is 3. The Morgan fingerprint density at radius 1 is 0.875 bits per heavy atom. The van der Waals surface area contributed by atoms with E-state index in [2.05, 4.69) is 9.88 Å². The zero-order chi connectivity index (χ0) is 21.6. The highest BCUT2D eigenvalue weighted by molar-refractivity contribution is 7.13. The van der Waals surface area contributed by atoms with Crippen molar-refractivity contribution in [2.24, 2.45) is 0 Å². The molecule has 0 amide bonds. The summed E-state index contributed by atoms with van der Waals surface area (Å²) in [5.41, 5.74) is 3.51. The van der Waals surface area contributed by atoms with Gasteiger partial charge in [-0.3, -0.25) is 0 Å². The lowest BCUT2D eigenvalue weighted by molar-refractivity contribution is -0.563. The van der Waals surface area contributed by atoms with E-state index in [-0.39, 0.29) is 22.6 Å². The zero-order valence-electron chi connectivity index (χ0n) is 17.2. The summed E-state index contributed by atoms with van der Waals surface area (Å²) in [6.45, 7) is 0. The first-order valence-corrected chi connectivity index (χ1v) is 10.6. The summed E-state index contributed by atoms with van der Waals surface area (Å²) in [5.74, 6) is 0. The van der Waals surface area contributed by atoms with Crippen molar-refractivity contribution in [1.29, 1.82) is 0 Å². The number of nitrogens with one attached hydrogen (secondary N) is 1. The lowest BCUT2D eigenvalue weighted by Gasteiger charge is -2.06. The molecule has 0 fully saturated rings. The topological polar surface area (TPSA) is 66.3 Å². The summed E-state index contributed by atoms with van der Waals surface area (Å²) in [6, 6.07) is 29.4. The highest BCUT2D eigenvalue weighted by Gasteiger charge is 2.24. The number of anilines is 2. The van der Waals surface area contributed by atoms with Crippen LogP contribution in [0, 0.1) is 0 Å². The molecule has 3 aromatic carbocycles. The lowest BCUT2D eigenvalue weighted by atomic mass is 10.1. The summed E-state index contributed by atoms with van der Waals surface area (Å²) in [6.07, 6.45) is 0. The van der Waals surface area contributed by atoms with Crippen LogP contribution >= 0.6 is 11.3 Å². The molecule has 0 saturated heterocycles. The van der Waals surface area contributed by atoms with Crippen LogP contribution in [-0.4, -0.2) is 12.2 Å². The van der Waals surface area contributed by atoms with Crippen molar-refractivity contribution < 1.29 is 31.1 Å². The Balaban J connectivity index is 0.000000938. The Bertz CT molecular complexity index is 1350. The van der Waals surface area contributed by atoms with Crippen LogP contribution in [0.2, 0.25) is 0 Å². The maximum absolute atomic E-state index is 12.8. The SMILES string of the molecule is CO.O=c1oc2ccccc2cc1-c1csc(Nc2ccccc2)[n+]1-c1ccccc1.[Br-]. The van der Waals surface area contributed by atoms with Gasteiger partial charge < -0.3 is 26.5 Å². The minimum atomic E-state index is -0.350. The summed E-state index contributed by atoms with van der Waals surface area (Å²) < 4.78 is 7.64. The van der Waals surface area contributed by atoms with Crippen molar-refractivity contribution in [2.45, 2.75) is 0 Å². The molecule has 0 atom stereocenters. The quantitative estimate of drug-likeness (QED) is 0.288. The fourth-order valence-corrected chi connectivity index (χ4v) is 4.26. The molecule has 0 aliphatic heterocycles. The standard InChI is InChI=1S/C24H16N2O2S.CH4O.BrH/c27-23-20(15-17-9-7-8-14-22(17)28-23)21-16-29-24(25-18-10-3-1-4-11-18)26(21)19-12-5-2-6-13-19;1-2;/h1-16H;2H,1H3;1H. The van der Waals surface area contributed by atoms with Gasteiger partial charge in [0.15, 0.2) is 5.69 Å². The number of hydrogen-bond donors (Lipinski definition) is 2. The second-order valence-electron chi connectivity index (χ2n) is 6.57. The molecule has 7 heteroatoms. The number of thiazole rings is 1. The van der Waals surface area contributed by atoms with E-state index in [1.807, 2.05) is 96.4 Å². The van der Waals surface area contributed by atoms with Crippen molar-refractivity contribution >= 4 is 33.1 Å². The van der Waals surface area contributed by atoms with Gasteiger partial charge in [0, 0.05) is 17.9 Å². The van der Waals surface area contributed by atoms with Gasteiger partial charge in [-0.2, -0.15) is 4.57 Å². The highest BCUT2D eigenvalue weighted by atomic mass is 79.9. The number of aliphatic hydroxyl groups is 1. The number of aromatic nitrogens is 1. The van der Waals surface area contributed by atoms with Gasteiger partial charge in [-0.15, -0.1) is 0 Å². The smallest absolute Gasteiger partial charge is 0.347 e. The Kier molecular flexibility index (Phi) is 7.94. The highest BCUT2D eigenvalue weighted by Crippen LogP contribution is 2.27. The van der Waals surface area contributed by atoms with Gasteiger partial charge in [-0.25, -0.2) is 10.1 Å².